The summed E-state index contributed by atoms with van der Waals surface area (Å²) in [5.74, 6) is 0.459. The molecule has 0 bridgehead atoms. The van der Waals surface area contributed by atoms with E-state index in [-0.39, 0.29) is 39.2 Å². The molecule has 3 aromatic carbocycles. The van der Waals surface area contributed by atoms with E-state index in [9.17, 15) is 18.5 Å². The van der Waals surface area contributed by atoms with Crippen LogP contribution in [0.3, 0.4) is 0 Å². The van der Waals surface area contributed by atoms with Gasteiger partial charge in [-0.25, -0.2) is 0 Å². The van der Waals surface area contributed by atoms with Crippen molar-refractivity contribution < 1.29 is 22.8 Å². The molecule has 33 heavy (non-hydrogen) atoms. The van der Waals surface area contributed by atoms with Crippen LogP contribution in [-0.2, 0) is 16.6 Å². The first kappa shape index (κ1) is 22.6. The zero-order valence-corrected chi connectivity index (χ0v) is 19.1. The second-order valence-corrected chi connectivity index (χ2v) is 9.37. The van der Waals surface area contributed by atoms with Gasteiger partial charge >= 0.3 is 0 Å². The molecule has 0 atom stereocenters. The maximum absolute atomic E-state index is 13.3. The van der Waals surface area contributed by atoms with E-state index in [1.54, 1.807) is 30.3 Å². The number of hydrogen-bond acceptors (Lipinski definition) is 7. The molecule has 0 aliphatic rings. The molecule has 11 heteroatoms. The highest BCUT2D eigenvalue weighted by atomic mass is 35.5. The molecule has 0 saturated heterocycles. The van der Waals surface area contributed by atoms with Crippen molar-refractivity contribution in [2.24, 2.45) is 0 Å². The number of methoxy groups -OCH3 is 1. The number of ether oxygens (including phenoxy) is 2. The molecule has 0 radical (unpaired) electrons. The van der Waals surface area contributed by atoms with Crippen LogP contribution in [0.5, 0.6) is 11.6 Å². The Kier molecular flexibility index (Phi) is 5.96. The summed E-state index contributed by atoms with van der Waals surface area (Å²) in [5.41, 5.74) is 1.24. The van der Waals surface area contributed by atoms with Gasteiger partial charge in [-0.3, -0.25) is 10.1 Å². The number of nitro groups is 1. The molecule has 0 unspecified atom stereocenters. The van der Waals surface area contributed by atoms with Crippen LogP contribution in [0.1, 0.15) is 11.1 Å². The van der Waals surface area contributed by atoms with Crippen molar-refractivity contribution in [3.8, 4) is 11.6 Å². The zero-order valence-electron chi connectivity index (χ0n) is 17.6. The molecule has 4 aromatic rings. The van der Waals surface area contributed by atoms with Gasteiger partial charge in [0.15, 0.2) is 0 Å². The number of benzene rings is 3. The van der Waals surface area contributed by atoms with Crippen LogP contribution < -0.4 is 9.47 Å². The number of halogens is 1. The summed E-state index contributed by atoms with van der Waals surface area (Å²) in [6, 6.07) is 15.4. The first-order chi connectivity index (χ1) is 15.7. The van der Waals surface area contributed by atoms with E-state index in [2.05, 4.69) is 5.10 Å². The molecule has 0 spiro atoms. The van der Waals surface area contributed by atoms with Crippen LogP contribution in [0.25, 0.3) is 10.9 Å². The number of nitro benzene ring substituents is 1. The van der Waals surface area contributed by atoms with Crippen LogP contribution in [0.15, 0.2) is 65.6 Å². The summed E-state index contributed by atoms with van der Waals surface area (Å²) in [4.78, 5) is 10.9. The summed E-state index contributed by atoms with van der Waals surface area (Å²) in [6.45, 7) is 1.63. The highest BCUT2D eigenvalue weighted by molar-refractivity contribution is 7.90. The SMILES string of the molecule is COc1ccc2c(c1)c(OCc1ccc(Cl)cc1[N+](=O)[O-])nn2S(=O)(=O)c1ccc(C)cc1. The fraction of sp³-hybridized carbons (Fsp3) is 0.136. The lowest BCUT2D eigenvalue weighted by molar-refractivity contribution is -0.385. The number of rotatable bonds is 7. The van der Waals surface area contributed by atoms with Gasteiger partial charge in [0.2, 0.25) is 5.88 Å². The van der Waals surface area contributed by atoms with Crippen molar-refractivity contribution in [1.82, 2.24) is 9.19 Å². The molecule has 0 aliphatic carbocycles. The van der Waals surface area contributed by atoms with E-state index < -0.39 is 14.9 Å². The molecular formula is C22H18ClN3O6S. The van der Waals surface area contributed by atoms with Gasteiger partial charge in [-0.15, -0.1) is 9.19 Å². The van der Waals surface area contributed by atoms with Crippen molar-refractivity contribution in [3.05, 3.63) is 86.9 Å². The summed E-state index contributed by atoms with van der Waals surface area (Å²) < 4.78 is 38.5. The highest BCUT2D eigenvalue weighted by Gasteiger charge is 2.25. The third-order valence-electron chi connectivity index (χ3n) is 4.98. The largest absolute Gasteiger partial charge is 0.497 e. The van der Waals surface area contributed by atoms with Crippen LogP contribution in [0.4, 0.5) is 5.69 Å². The summed E-state index contributed by atoms with van der Waals surface area (Å²) >= 11 is 5.87. The van der Waals surface area contributed by atoms with Crippen molar-refractivity contribution in [2.75, 3.05) is 7.11 Å². The number of aryl methyl sites for hydroxylation is 1. The summed E-state index contributed by atoms with van der Waals surface area (Å²) in [5, 5.41) is 16.2. The smallest absolute Gasteiger partial charge is 0.283 e. The molecule has 0 amide bonds. The van der Waals surface area contributed by atoms with Crippen molar-refractivity contribution in [3.63, 3.8) is 0 Å². The molecule has 170 valence electrons. The number of hydrogen-bond donors (Lipinski definition) is 0. The van der Waals surface area contributed by atoms with Crippen molar-refractivity contribution >= 4 is 38.2 Å². The standard InChI is InChI=1S/C22H18ClN3O6S/c1-14-3-8-18(9-4-14)33(29,30)25-20-10-7-17(31-2)12-19(20)22(24-25)32-13-15-5-6-16(23)11-21(15)26(27)28/h3-12H,13H2,1-2H3. The summed E-state index contributed by atoms with van der Waals surface area (Å²) in [7, 11) is -2.55. The lowest BCUT2D eigenvalue weighted by Crippen LogP contribution is -2.14. The van der Waals surface area contributed by atoms with E-state index in [4.69, 9.17) is 21.1 Å². The van der Waals surface area contributed by atoms with Crippen LogP contribution >= 0.6 is 11.6 Å². The average molecular weight is 488 g/mol. The van der Waals surface area contributed by atoms with Crippen LogP contribution in [-0.4, -0.2) is 29.6 Å². The fourth-order valence-corrected chi connectivity index (χ4v) is 4.69. The van der Waals surface area contributed by atoms with Crippen LogP contribution in [0.2, 0.25) is 5.02 Å². The number of nitrogens with zero attached hydrogens (tertiary/aromatic N) is 3. The Hall–Kier alpha value is -3.63. The second kappa shape index (κ2) is 8.72. The lowest BCUT2D eigenvalue weighted by Gasteiger charge is -2.06. The molecule has 9 nitrogen and oxygen atoms in total. The third kappa shape index (κ3) is 4.35. The molecule has 0 aliphatic heterocycles. The Morgan fingerprint density at radius 2 is 1.82 bits per heavy atom. The Morgan fingerprint density at radius 1 is 1.09 bits per heavy atom. The van der Waals surface area contributed by atoms with Crippen molar-refractivity contribution in [2.45, 2.75) is 18.4 Å². The topological polar surface area (TPSA) is 114 Å². The van der Waals surface area contributed by atoms with Crippen molar-refractivity contribution in [1.29, 1.82) is 0 Å². The Morgan fingerprint density at radius 3 is 2.48 bits per heavy atom. The first-order valence-electron chi connectivity index (χ1n) is 9.65. The quantitative estimate of drug-likeness (QED) is 0.273. The Labute approximate surface area is 194 Å². The van der Waals surface area contributed by atoms with Gasteiger partial charge in [-0.1, -0.05) is 29.3 Å². The predicted molar refractivity (Wildman–Crippen MR) is 122 cm³/mol. The Balaban J connectivity index is 1.80. The minimum atomic E-state index is -4.03. The maximum Gasteiger partial charge on any atom is 0.283 e. The molecule has 4 rings (SSSR count). The number of aromatic nitrogens is 2. The van der Waals surface area contributed by atoms with Gasteiger partial charge in [-0.05, 0) is 49.4 Å². The Bertz CT molecular complexity index is 1470. The molecule has 0 saturated carbocycles. The molecule has 0 N–H and O–H groups in total. The van der Waals surface area contributed by atoms with E-state index in [1.807, 2.05) is 6.92 Å². The average Bonchev–Trinajstić information content (AvgIpc) is 3.17. The van der Waals surface area contributed by atoms with Gasteiger partial charge in [0.1, 0.15) is 12.4 Å². The maximum atomic E-state index is 13.3. The fourth-order valence-electron chi connectivity index (χ4n) is 3.25. The van der Waals surface area contributed by atoms with E-state index in [0.717, 1.165) is 9.65 Å². The first-order valence-corrected chi connectivity index (χ1v) is 11.5. The molecule has 1 heterocycles. The van der Waals surface area contributed by atoms with Gasteiger partial charge in [0.05, 0.1) is 33.4 Å². The van der Waals surface area contributed by atoms with Gasteiger partial charge in [-0.2, -0.15) is 8.42 Å². The second-order valence-electron chi connectivity index (χ2n) is 7.17. The van der Waals surface area contributed by atoms with Gasteiger partial charge in [0.25, 0.3) is 15.7 Å². The van der Waals surface area contributed by atoms with Gasteiger partial charge < -0.3 is 9.47 Å². The molecule has 0 fully saturated rings. The van der Waals surface area contributed by atoms with Gasteiger partial charge in [0, 0.05) is 11.1 Å². The predicted octanol–water partition coefficient (Wildman–Crippen LogP) is 4.73. The number of fused-ring (bicyclic) bond motifs is 1. The normalized spacial score (nSPS) is 11.5. The molecule has 1 aromatic heterocycles. The minimum absolute atomic E-state index is 0.0103. The lowest BCUT2D eigenvalue weighted by atomic mass is 10.2. The highest BCUT2D eigenvalue weighted by Crippen LogP contribution is 2.33. The van der Waals surface area contributed by atoms with E-state index in [0.29, 0.717) is 11.1 Å². The molecular weight excluding hydrogens is 470 g/mol. The third-order valence-corrected chi connectivity index (χ3v) is 6.81. The summed E-state index contributed by atoms with van der Waals surface area (Å²) in [6.07, 6.45) is 0. The zero-order chi connectivity index (χ0) is 23.8. The van der Waals surface area contributed by atoms with E-state index >= 15 is 0 Å². The monoisotopic (exact) mass is 487 g/mol. The minimum Gasteiger partial charge on any atom is -0.497 e. The van der Waals surface area contributed by atoms with E-state index in [1.165, 1.54) is 37.4 Å². The van der Waals surface area contributed by atoms with Crippen LogP contribution in [0, 0.1) is 17.0 Å².